The van der Waals surface area contributed by atoms with Crippen molar-refractivity contribution in [2.45, 2.75) is 38.6 Å². The van der Waals surface area contributed by atoms with Gasteiger partial charge in [-0.1, -0.05) is 13.3 Å². The van der Waals surface area contributed by atoms with Crippen molar-refractivity contribution >= 4 is 12.1 Å². The van der Waals surface area contributed by atoms with E-state index in [1.165, 1.54) is 0 Å². The van der Waals surface area contributed by atoms with Crippen LogP contribution in [0.15, 0.2) is 0 Å². The average molecular weight is 232 g/mol. The number of carboxylic acid groups (broad SMARTS) is 1. The van der Waals surface area contributed by atoms with Crippen molar-refractivity contribution in [3.8, 4) is 0 Å². The van der Waals surface area contributed by atoms with Gasteiger partial charge >= 0.3 is 12.1 Å². The van der Waals surface area contributed by atoms with Gasteiger partial charge in [0.2, 0.25) is 0 Å². The van der Waals surface area contributed by atoms with E-state index in [1.807, 2.05) is 6.92 Å². The first-order valence-electron chi connectivity index (χ1n) is 5.48. The molecule has 0 bridgehead atoms. The molecule has 0 saturated heterocycles. The highest BCUT2D eigenvalue weighted by atomic mass is 16.5. The van der Waals surface area contributed by atoms with Gasteiger partial charge in [0.25, 0.3) is 0 Å². The van der Waals surface area contributed by atoms with Gasteiger partial charge in [-0.2, -0.15) is 0 Å². The molecular weight excluding hydrogens is 212 g/mol. The number of carbonyl (C=O) groups is 2. The Bertz CT molecular complexity index is 221. The molecule has 0 aromatic heterocycles. The van der Waals surface area contributed by atoms with Crippen molar-refractivity contribution in [2.24, 2.45) is 5.73 Å². The zero-order chi connectivity index (χ0) is 12.4. The number of alkyl carbamates (subject to hydrolysis) is 1. The van der Waals surface area contributed by atoms with E-state index in [9.17, 15) is 9.59 Å². The number of carboxylic acids is 1. The van der Waals surface area contributed by atoms with Crippen LogP contribution in [0.5, 0.6) is 0 Å². The summed E-state index contributed by atoms with van der Waals surface area (Å²) in [6.45, 7) is 2.68. The molecule has 1 amide bonds. The van der Waals surface area contributed by atoms with E-state index in [0.717, 1.165) is 12.8 Å². The molecule has 6 heteroatoms. The number of carbonyl (C=O) groups excluding carboxylic acids is 1. The van der Waals surface area contributed by atoms with Crippen LogP contribution in [0, 0.1) is 0 Å². The highest BCUT2D eigenvalue weighted by Crippen LogP contribution is 1.98. The molecule has 4 N–H and O–H groups in total. The lowest BCUT2D eigenvalue weighted by Gasteiger charge is -2.13. The highest BCUT2D eigenvalue weighted by Gasteiger charge is 2.19. The van der Waals surface area contributed by atoms with Crippen LogP contribution in [0.2, 0.25) is 0 Å². The number of nitrogens with one attached hydrogen (secondary N) is 1. The number of hydrogen-bond donors (Lipinski definition) is 3. The number of ether oxygens (including phenoxy) is 1. The molecule has 0 radical (unpaired) electrons. The standard InChI is InChI=1S/C10H20N2O4/c1-2-3-7-16-10(15)12-8(9(13)14)5-4-6-11/h8H,2-7,11H2,1H3,(H,12,15)(H,13,14)/t8-/m0/s1. The highest BCUT2D eigenvalue weighted by molar-refractivity contribution is 5.79. The van der Waals surface area contributed by atoms with Crippen LogP contribution in [-0.4, -0.2) is 36.4 Å². The van der Waals surface area contributed by atoms with Crippen molar-refractivity contribution in [3.05, 3.63) is 0 Å². The van der Waals surface area contributed by atoms with Gasteiger partial charge in [-0.05, 0) is 25.8 Å². The first-order valence-corrected chi connectivity index (χ1v) is 5.48. The lowest BCUT2D eigenvalue weighted by molar-refractivity contribution is -0.139. The van der Waals surface area contributed by atoms with Gasteiger partial charge in [0.15, 0.2) is 0 Å². The molecule has 0 aliphatic heterocycles. The van der Waals surface area contributed by atoms with Gasteiger partial charge in [-0.3, -0.25) is 0 Å². The zero-order valence-corrected chi connectivity index (χ0v) is 9.57. The number of aliphatic carboxylic acids is 1. The summed E-state index contributed by atoms with van der Waals surface area (Å²) in [5.74, 6) is -1.07. The summed E-state index contributed by atoms with van der Waals surface area (Å²) in [6, 6.07) is -0.919. The lowest BCUT2D eigenvalue weighted by Crippen LogP contribution is -2.41. The van der Waals surface area contributed by atoms with Gasteiger partial charge in [-0.25, -0.2) is 9.59 Å². The maximum Gasteiger partial charge on any atom is 0.407 e. The van der Waals surface area contributed by atoms with E-state index in [1.54, 1.807) is 0 Å². The van der Waals surface area contributed by atoms with Gasteiger partial charge in [0, 0.05) is 0 Å². The Kier molecular flexibility index (Phi) is 8.24. The molecule has 0 aliphatic carbocycles. The SMILES string of the molecule is CCCCOC(=O)N[C@@H](CCCN)C(=O)O. The maximum atomic E-state index is 11.2. The van der Waals surface area contributed by atoms with Crippen LogP contribution in [0.1, 0.15) is 32.6 Å². The molecule has 0 aliphatic rings. The molecule has 0 spiro atoms. The molecule has 16 heavy (non-hydrogen) atoms. The summed E-state index contributed by atoms with van der Waals surface area (Å²) >= 11 is 0. The van der Waals surface area contributed by atoms with Crippen LogP contribution in [0.25, 0.3) is 0 Å². The molecular formula is C10H20N2O4. The zero-order valence-electron chi connectivity index (χ0n) is 9.57. The fourth-order valence-electron chi connectivity index (χ4n) is 1.07. The van der Waals surface area contributed by atoms with Gasteiger partial charge in [-0.15, -0.1) is 0 Å². The quantitative estimate of drug-likeness (QED) is 0.535. The van der Waals surface area contributed by atoms with Crippen molar-refractivity contribution in [3.63, 3.8) is 0 Å². The minimum absolute atomic E-state index is 0.311. The average Bonchev–Trinajstić information content (AvgIpc) is 2.24. The van der Waals surface area contributed by atoms with E-state index < -0.39 is 18.1 Å². The molecule has 1 atom stereocenters. The second-order valence-corrected chi connectivity index (χ2v) is 3.46. The number of amides is 1. The third-order valence-electron chi connectivity index (χ3n) is 2.02. The Hall–Kier alpha value is -1.30. The van der Waals surface area contributed by atoms with Crippen LogP contribution in [0.3, 0.4) is 0 Å². The minimum Gasteiger partial charge on any atom is -0.480 e. The third kappa shape index (κ3) is 7.05. The van der Waals surface area contributed by atoms with E-state index >= 15 is 0 Å². The van der Waals surface area contributed by atoms with Gasteiger partial charge < -0.3 is 20.9 Å². The molecule has 0 aromatic rings. The van der Waals surface area contributed by atoms with Crippen LogP contribution < -0.4 is 11.1 Å². The second-order valence-electron chi connectivity index (χ2n) is 3.46. The maximum absolute atomic E-state index is 11.2. The first kappa shape index (κ1) is 14.7. The van der Waals surface area contributed by atoms with Gasteiger partial charge in [0.1, 0.15) is 6.04 Å². The molecule has 0 aromatic carbocycles. The molecule has 0 rings (SSSR count). The minimum atomic E-state index is -1.07. The normalized spacial score (nSPS) is 11.9. The van der Waals surface area contributed by atoms with Crippen LogP contribution >= 0.6 is 0 Å². The molecule has 0 unspecified atom stereocenters. The van der Waals surface area contributed by atoms with Gasteiger partial charge in [0.05, 0.1) is 6.61 Å². The fraction of sp³-hybridized carbons (Fsp3) is 0.800. The number of rotatable bonds is 8. The van der Waals surface area contributed by atoms with E-state index in [4.69, 9.17) is 15.6 Å². The third-order valence-corrected chi connectivity index (χ3v) is 2.02. The summed E-state index contributed by atoms with van der Waals surface area (Å²) in [7, 11) is 0. The van der Waals surface area contributed by atoms with Crippen molar-refractivity contribution in [2.75, 3.05) is 13.2 Å². The fourth-order valence-corrected chi connectivity index (χ4v) is 1.07. The summed E-state index contributed by atoms with van der Waals surface area (Å²) in [4.78, 5) is 21.9. The summed E-state index contributed by atoms with van der Waals surface area (Å²) in [5, 5.41) is 11.1. The second kappa shape index (κ2) is 8.96. The van der Waals surface area contributed by atoms with Crippen molar-refractivity contribution in [1.82, 2.24) is 5.32 Å². The molecule has 6 nitrogen and oxygen atoms in total. The Labute approximate surface area is 95.1 Å². The monoisotopic (exact) mass is 232 g/mol. The van der Waals surface area contributed by atoms with Crippen LogP contribution in [0.4, 0.5) is 4.79 Å². The molecule has 0 saturated carbocycles. The van der Waals surface area contributed by atoms with E-state index in [2.05, 4.69) is 5.32 Å². The summed E-state index contributed by atoms with van der Waals surface area (Å²) in [5.41, 5.74) is 5.27. The lowest BCUT2D eigenvalue weighted by atomic mass is 10.1. The Morgan fingerprint density at radius 1 is 1.44 bits per heavy atom. The summed E-state index contributed by atoms with van der Waals surface area (Å²) in [6.07, 6.45) is 1.87. The number of unbranched alkanes of at least 4 members (excludes halogenated alkanes) is 1. The van der Waals surface area contributed by atoms with Crippen molar-refractivity contribution in [1.29, 1.82) is 0 Å². The Morgan fingerprint density at radius 3 is 2.62 bits per heavy atom. The first-order chi connectivity index (χ1) is 7.61. The Morgan fingerprint density at radius 2 is 2.12 bits per heavy atom. The predicted octanol–water partition coefficient (Wildman–Crippen LogP) is 0.705. The van der Waals surface area contributed by atoms with Crippen molar-refractivity contribution < 1.29 is 19.4 Å². The van der Waals surface area contributed by atoms with E-state index in [0.29, 0.717) is 26.0 Å². The molecule has 94 valence electrons. The molecule has 0 heterocycles. The molecule has 0 fully saturated rings. The topological polar surface area (TPSA) is 102 Å². The smallest absolute Gasteiger partial charge is 0.407 e. The van der Waals surface area contributed by atoms with Crippen LogP contribution in [-0.2, 0) is 9.53 Å². The summed E-state index contributed by atoms with van der Waals surface area (Å²) < 4.78 is 4.80. The predicted molar refractivity (Wildman–Crippen MR) is 59.1 cm³/mol. The number of hydrogen-bond acceptors (Lipinski definition) is 4. The largest absolute Gasteiger partial charge is 0.480 e. The number of nitrogens with two attached hydrogens (primary N) is 1. The van der Waals surface area contributed by atoms with E-state index in [-0.39, 0.29) is 0 Å². The Balaban J connectivity index is 3.88.